The summed E-state index contributed by atoms with van der Waals surface area (Å²) in [5.74, 6) is 0.494. The zero-order valence-electron chi connectivity index (χ0n) is 11.7. The first-order valence-electron chi connectivity index (χ1n) is 6.69. The Kier molecular flexibility index (Phi) is 3.99. The summed E-state index contributed by atoms with van der Waals surface area (Å²) in [4.78, 5) is 4.19. The summed E-state index contributed by atoms with van der Waals surface area (Å²) in [6, 6.07) is 10.4. The van der Waals surface area contributed by atoms with Crippen LogP contribution in [0.2, 0.25) is 0 Å². The molecule has 1 aromatic carbocycles. The third-order valence-electron chi connectivity index (χ3n) is 3.24. The summed E-state index contributed by atoms with van der Waals surface area (Å²) in [6.07, 6.45) is -2.42. The number of aromatic nitrogens is 4. The van der Waals surface area contributed by atoms with Gasteiger partial charge in [-0.3, -0.25) is 14.6 Å². The van der Waals surface area contributed by atoms with Crippen LogP contribution in [-0.4, -0.2) is 19.7 Å². The van der Waals surface area contributed by atoms with E-state index in [1.54, 1.807) is 18.3 Å². The molecular formula is C15H11F3N4S. The molecule has 8 heteroatoms. The molecule has 2 aromatic heterocycles. The van der Waals surface area contributed by atoms with Gasteiger partial charge in [-0.2, -0.15) is 18.3 Å². The molecule has 0 saturated heterocycles. The normalized spacial score (nSPS) is 11.6. The smallest absolute Gasteiger partial charge is 0.272 e. The lowest BCUT2D eigenvalue weighted by Gasteiger charge is -2.11. The van der Waals surface area contributed by atoms with Crippen LogP contribution in [0.3, 0.4) is 0 Å². The number of pyridine rings is 1. The molecular weight excluding hydrogens is 325 g/mol. The fraction of sp³-hybridized carbons (Fsp3) is 0.133. The van der Waals surface area contributed by atoms with E-state index in [4.69, 9.17) is 12.2 Å². The van der Waals surface area contributed by atoms with Crippen LogP contribution in [0.15, 0.2) is 48.7 Å². The largest absolute Gasteiger partial charge is 0.416 e. The molecule has 2 heterocycles. The molecule has 0 unspecified atom stereocenters. The van der Waals surface area contributed by atoms with Gasteiger partial charge < -0.3 is 0 Å². The van der Waals surface area contributed by atoms with Gasteiger partial charge in [0.05, 0.1) is 17.7 Å². The summed E-state index contributed by atoms with van der Waals surface area (Å²) in [5, 5.41) is 6.72. The Balaban J connectivity index is 2.04. The Morgan fingerprint density at radius 2 is 1.96 bits per heavy atom. The lowest BCUT2D eigenvalue weighted by Crippen LogP contribution is -2.08. The number of aromatic amines is 1. The molecule has 0 amide bonds. The van der Waals surface area contributed by atoms with Crippen LogP contribution < -0.4 is 0 Å². The Morgan fingerprint density at radius 3 is 2.65 bits per heavy atom. The van der Waals surface area contributed by atoms with Crippen LogP contribution in [0.5, 0.6) is 0 Å². The fourth-order valence-corrected chi connectivity index (χ4v) is 2.46. The van der Waals surface area contributed by atoms with Crippen LogP contribution in [0.25, 0.3) is 5.69 Å². The molecule has 0 spiro atoms. The van der Waals surface area contributed by atoms with Gasteiger partial charge >= 0.3 is 6.18 Å². The van der Waals surface area contributed by atoms with Crippen molar-refractivity contribution in [2.75, 3.05) is 0 Å². The van der Waals surface area contributed by atoms with Crippen molar-refractivity contribution in [1.29, 1.82) is 0 Å². The van der Waals surface area contributed by atoms with E-state index in [9.17, 15) is 13.2 Å². The van der Waals surface area contributed by atoms with E-state index in [0.29, 0.717) is 17.9 Å². The minimum absolute atomic E-state index is 0.232. The predicted octanol–water partition coefficient (Wildman–Crippen LogP) is 3.93. The van der Waals surface area contributed by atoms with E-state index < -0.39 is 11.7 Å². The standard InChI is InChI=1S/C15H11F3N4S/c16-15(17,18)10-4-3-6-12(8-10)22-13(20-21-14(22)23)9-11-5-1-2-7-19-11/h1-8H,9H2,(H,21,23). The quantitative estimate of drug-likeness (QED) is 0.737. The molecule has 0 saturated carbocycles. The van der Waals surface area contributed by atoms with Crippen molar-refractivity contribution < 1.29 is 13.2 Å². The molecule has 0 fully saturated rings. The van der Waals surface area contributed by atoms with E-state index in [0.717, 1.165) is 17.8 Å². The second kappa shape index (κ2) is 5.96. The van der Waals surface area contributed by atoms with Crippen LogP contribution in [-0.2, 0) is 12.6 Å². The first kappa shape index (κ1) is 15.4. The minimum Gasteiger partial charge on any atom is -0.272 e. The Labute approximate surface area is 134 Å². The van der Waals surface area contributed by atoms with Crippen LogP contribution in [0.4, 0.5) is 13.2 Å². The number of halogens is 3. The summed E-state index contributed by atoms with van der Waals surface area (Å²) < 4.78 is 40.4. The van der Waals surface area contributed by atoms with Gasteiger partial charge in [-0.05, 0) is 42.5 Å². The second-order valence-electron chi connectivity index (χ2n) is 4.83. The average molecular weight is 336 g/mol. The van der Waals surface area contributed by atoms with Crippen LogP contribution in [0.1, 0.15) is 17.1 Å². The molecule has 23 heavy (non-hydrogen) atoms. The van der Waals surface area contributed by atoms with Gasteiger partial charge in [-0.15, -0.1) is 0 Å². The number of nitrogens with zero attached hydrogens (tertiary/aromatic N) is 3. The second-order valence-corrected chi connectivity index (χ2v) is 5.21. The minimum atomic E-state index is -4.41. The number of alkyl halides is 3. The number of hydrogen-bond donors (Lipinski definition) is 1. The van der Waals surface area contributed by atoms with E-state index in [1.807, 2.05) is 12.1 Å². The van der Waals surface area contributed by atoms with Gasteiger partial charge in [0.25, 0.3) is 0 Å². The lowest BCUT2D eigenvalue weighted by atomic mass is 10.2. The summed E-state index contributed by atoms with van der Waals surface area (Å²) in [6.45, 7) is 0. The molecule has 3 rings (SSSR count). The number of nitrogens with one attached hydrogen (secondary N) is 1. The Bertz CT molecular complexity index is 868. The molecule has 0 radical (unpaired) electrons. The zero-order valence-corrected chi connectivity index (χ0v) is 12.5. The van der Waals surface area contributed by atoms with Crippen molar-refractivity contribution >= 4 is 12.2 Å². The highest BCUT2D eigenvalue weighted by atomic mass is 32.1. The highest BCUT2D eigenvalue weighted by molar-refractivity contribution is 7.71. The van der Waals surface area contributed by atoms with Crippen molar-refractivity contribution in [2.45, 2.75) is 12.6 Å². The molecule has 3 aromatic rings. The number of benzene rings is 1. The van der Waals surface area contributed by atoms with Gasteiger partial charge in [0.15, 0.2) is 4.77 Å². The van der Waals surface area contributed by atoms with Gasteiger partial charge in [0.2, 0.25) is 0 Å². The van der Waals surface area contributed by atoms with Gasteiger partial charge in [0, 0.05) is 11.9 Å². The molecule has 0 bridgehead atoms. The lowest BCUT2D eigenvalue weighted by molar-refractivity contribution is -0.137. The van der Waals surface area contributed by atoms with E-state index >= 15 is 0 Å². The van der Waals surface area contributed by atoms with Gasteiger partial charge in [0.1, 0.15) is 5.82 Å². The maximum absolute atomic E-state index is 12.9. The maximum atomic E-state index is 12.9. The van der Waals surface area contributed by atoms with Gasteiger partial charge in [-0.1, -0.05) is 12.1 Å². The van der Waals surface area contributed by atoms with Crippen molar-refractivity contribution in [3.8, 4) is 5.69 Å². The van der Waals surface area contributed by atoms with Crippen molar-refractivity contribution in [3.63, 3.8) is 0 Å². The number of H-pyrrole nitrogens is 1. The molecule has 0 aliphatic rings. The third kappa shape index (κ3) is 3.31. The molecule has 4 nitrogen and oxygen atoms in total. The third-order valence-corrected chi connectivity index (χ3v) is 3.51. The predicted molar refractivity (Wildman–Crippen MR) is 80.8 cm³/mol. The summed E-state index contributed by atoms with van der Waals surface area (Å²) >= 11 is 5.15. The SMILES string of the molecule is FC(F)(F)c1cccc(-n2c(Cc3ccccn3)n[nH]c2=S)c1. The number of hydrogen-bond acceptors (Lipinski definition) is 3. The van der Waals surface area contributed by atoms with Gasteiger partial charge in [-0.25, -0.2) is 0 Å². The van der Waals surface area contributed by atoms with Crippen LogP contribution in [0, 0.1) is 4.77 Å². The van der Waals surface area contributed by atoms with E-state index in [1.165, 1.54) is 10.6 Å². The number of rotatable bonds is 3. The van der Waals surface area contributed by atoms with Crippen molar-refractivity contribution in [2.24, 2.45) is 0 Å². The van der Waals surface area contributed by atoms with E-state index in [-0.39, 0.29) is 4.77 Å². The average Bonchev–Trinajstić information content (AvgIpc) is 2.88. The fourth-order valence-electron chi connectivity index (χ4n) is 2.20. The molecule has 0 aliphatic heterocycles. The first-order chi connectivity index (χ1) is 10.9. The van der Waals surface area contributed by atoms with E-state index in [2.05, 4.69) is 15.2 Å². The summed E-state index contributed by atoms with van der Waals surface area (Å²) in [5.41, 5.74) is 0.320. The highest BCUT2D eigenvalue weighted by Gasteiger charge is 2.30. The molecule has 0 aliphatic carbocycles. The first-order valence-corrected chi connectivity index (χ1v) is 7.10. The highest BCUT2D eigenvalue weighted by Crippen LogP contribution is 2.30. The molecule has 118 valence electrons. The molecule has 1 N–H and O–H groups in total. The molecule has 0 atom stereocenters. The summed E-state index contributed by atoms with van der Waals surface area (Å²) in [7, 11) is 0. The Hall–Kier alpha value is -2.48. The zero-order chi connectivity index (χ0) is 16.4. The van der Waals surface area contributed by atoms with Crippen molar-refractivity contribution in [3.05, 3.63) is 70.5 Å². The van der Waals surface area contributed by atoms with Crippen molar-refractivity contribution in [1.82, 2.24) is 19.7 Å². The Morgan fingerprint density at radius 1 is 1.13 bits per heavy atom. The van der Waals surface area contributed by atoms with Crippen LogP contribution >= 0.6 is 12.2 Å². The monoisotopic (exact) mass is 336 g/mol. The topological polar surface area (TPSA) is 46.5 Å². The maximum Gasteiger partial charge on any atom is 0.416 e.